The molecule has 1 aromatic carbocycles. The fourth-order valence-electron chi connectivity index (χ4n) is 3.47. The first kappa shape index (κ1) is 28.6. The molecular formula is C21H29F3N5O5PS. The van der Waals surface area contributed by atoms with Crippen molar-refractivity contribution in [3.05, 3.63) is 35.2 Å². The minimum Gasteiger partial charge on any atom is -0.339 e. The second-order valence-electron chi connectivity index (χ2n) is 8.70. The minimum atomic E-state index is -4.75. The highest BCUT2D eigenvalue weighted by atomic mass is 32.2. The molecule has 0 fully saturated rings. The lowest BCUT2D eigenvalue weighted by Crippen LogP contribution is -2.47. The van der Waals surface area contributed by atoms with Gasteiger partial charge in [0, 0.05) is 12.0 Å². The van der Waals surface area contributed by atoms with E-state index in [2.05, 4.69) is 32.1 Å². The van der Waals surface area contributed by atoms with Crippen LogP contribution in [0.25, 0.3) is 11.4 Å². The molecule has 2 atom stereocenters. The Labute approximate surface area is 210 Å². The second kappa shape index (κ2) is 11.6. The molecule has 0 bridgehead atoms. The summed E-state index contributed by atoms with van der Waals surface area (Å²) in [5.74, 6) is 0.162. The van der Waals surface area contributed by atoms with E-state index in [1.807, 2.05) is 0 Å². The Morgan fingerprint density at radius 1 is 1.25 bits per heavy atom. The van der Waals surface area contributed by atoms with Crippen LogP contribution in [0.3, 0.4) is 0 Å². The summed E-state index contributed by atoms with van der Waals surface area (Å²) >= 11 is 1.02. The molecule has 0 radical (unpaired) electrons. The molecule has 1 aliphatic heterocycles. The summed E-state index contributed by atoms with van der Waals surface area (Å²) in [5, 5.41) is 7.31. The number of unbranched alkanes of at least 4 members (excludes halogenated alkanes) is 4. The van der Waals surface area contributed by atoms with E-state index in [1.54, 1.807) is 0 Å². The van der Waals surface area contributed by atoms with Gasteiger partial charge in [-0.2, -0.15) is 23.3 Å². The molecule has 36 heavy (non-hydrogen) atoms. The number of thioether (sulfide) groups is 1. The number of rotatable bonds is 12. The molecule has 0 amide bonds. The monoisotopic (exact) mass is 551 g/mol. The summed E-state index contributed by atoms with van der Waals surface area (Å²) in [6, 6.07) is 3.76. The first-order valence-electron chi connectivity index (χ1n) is 11.3. The molecule has 0 spiro atoms. The number of nitrogens with zero attached hydrogens (tertiary/aromatic N) is 3. The topological polar surface area (TPSA) is 156 Å². The van der Waals surface area contributed by atoms with E-state index in [0.717, 1.165) is 49.9 Å². The summed E-state index contributed by atoms with van der Waals surface area (Å²) in [7, 11) is -4.75. The highest BCUT2D eigenvalue weighted by Crippen LogP contribution is 2.42. The van der Waals surface area contributed by atoms with Crippen molar-refractivity contribution < 1.29 is 36.6 Å². The number of alkyl halides is 3. The van der Waals surface area contributed by atoms with Gasteiger partial charge in [-0.1, -0.05) is 61.7 Å². The zero-order chi connectivity index (χ0) is 26.6. The zero-order valence-electron chi connectivity index (χ0n) is 19.8. The van der Waals surface area contributed by atoms with Gasteiger partial charge >= 0.3 is 14.0 Å². The van der Waals surface area contributed by atoms with Gasteiger partial charge in [0.2, 0.25) is 11.7 Å². The predicted octanol–water partition coefficient (Wildman–Crippen LogP) is 4.74. The highest BCUT2D eigenvalue weighted by molar-refractivity contribution is 8.14. The molecular weight excluding hydrogens is 522 g/mol. The SMILES string of the molecule is CCCCCCCc1nc(-c2ccc(C3NN=C([C@@](C)(N)COP(=O)(O)O)S3)cc2C(F)(F)F)no1. The molecule has 5 N–H and O–H groups in total. The predicted molar refractivity (Wildman–Crippen MR) is 129 cm³/mol. The zero-order valence-corrected chi connectivity index (χ0v) is 21.5. The van der Waals surface area contributed by atoms with Gasteiger partial charge < -0.3 is 20.0 Å². The van der Waals surface area contributed by atoms with Crippen LogP contribution in [-0.4, -0.2) is 37.1 Å². The Hall–Kier alpha value is -1.96. The summed E-state index contributed by atoms with van der Waals surface area (Å²) in [5.41, 5.74) is 6.54. The van der Waals surface area contributed by atoms with Crippen molar-refractivity contribution in [2.24, 2.45) is 10.8 Å². The molecule has 0 saturated carbocycles. The summed E-state index contributed by atoms with van der Waals surface area (Å²) in [4.78, 5) is 22.0. The molecule has 1 unspecified atom stereocenters. The lowest BCUT2D eigenvalue weighted by molar-refractivity contribution is -0.137. The minimum absolute atomic E-state index is 0.134. The molecule has 0 aliphatic carbocycles. The molecule has 1 aromatic heterocycles. The van der Waals surface area contributed by atoms with E-state index in [4.69, 9.17) is 20.0 Å². The Kier molecular flexibility index (Phi) is 9.23. The van der Waals surface area contributed by atoms with Crippen LogP contribution in [0, 0.1) is 0 Å². The Balaban J connectivity index is 1.74. The van der Waals surface area contributed by atoms with Crippen molar-refractivity contribution in [1.82, 2.24) is 15.6 Å². The number of aryl methyl sites for hydroxylation is 1. The number of aromatic nitrogens is 2. The molecule has 15 heteroatoms. The van der Waals surface area contributed by atoms with Crippen molar-refractivity contribution in [3.63, 3.8) is 0 Å². The van der Waals surface area contributed by atoms with Gasteiger partial charge in [-0.05, 0) is 25.0 Å². The third kappa shape index (κ3) is 7.77. The standard InChI is InChI=1S/C21H29F3N5O5PS/c1-3-4-5-6-7-8-16-26-17(29-34-16)14-10-9-13(11-15(14)21(22,23)24)18-27-28-19(36-18)20(2,25)12-33-35(30,31)32/h9-11,18,27H,3-8,12,25H2,1-2H3,(H2,30,31,32)/t18?,20-/m0/s1. The maximum absolute atomic E-state index is 14.0. The van der Waals surface area contributed by atoms with E-state index in [9.17, 15) is 17.7 Å². The van der Waals surface area contributed by atoms with Gasteiger partial charge in [0.05, 0.1) is 17.7 Å². The van der Waals surface area contributed by atoms with Crippen LogP contribution in [0.1, 0.15) is 68.3 Å². The highest BCUT2D eigenvalue weighted by Gasteiger charge is 2.38. The number of hydrogen-bond donors (Lipinski definition) is 4. The van der Waals surface area contributed by atoms with Crippen molar-refractivity contribution in [2.45, 2.75) is 69.5 Å². The smallest absolute Gasteiger partial charge is 0.339 e. The van der Waals surface area contributed by atoms with Crippen molar-refractivity contribution in [2.75, 3.05) is 6.61 Å². The number of phosphoric acid groups is 1. The van der Waals surface area contributed by atoms with Gasteiger partial charge in [-0.3, -0.25) is 9.95 Å². The number of nitrogens with one attached hydrogen (secondary N) is 1. The van der Waals surface area contributed by atoms with E-state index >= 15 is 0 Å². The molecule has 3 rings (SSSR count). The van der Waals surface area contributed by atoms with E-state index in [-0.39, 0.29) is 22.0 Å². The Bertz CT molecular complexity index is 1120. The first-order valence-corrected chi connectivity index (χ1v) is 13.7. The number of benzene rings is 1. The molecule has 10 nitrogen and oxygen atoms in total. The number of hydrogen-bond acceptors (Lipinski definition) is 9. The molecule has 1 aliphatic rings. The molecule has 2 aromatic rings. The van der Waals surface area contributed by atoms with Crippen LogP contribution >= 0.6 is 19.6 Å². The van der Waals surface area contributed by atoms with E-state index < -0.39 is 37.1 Å². The largest absolute Gasteiger partial charge is 0.469 e. The van der Waals surface area contributed by atoms with Gasteiger partial charge in [0.25, 0.3) is 0 Å². The van der Waals surface area contributed by atoms with Crippen LogP contribution in [0.15, 0.2) is 27.8 Å². The van der Waals surface area contributed by atoms with Crippen LogP contribution < -0.4 is 11.2 Å². The van der Waals surface area contributed by atoms with Crippen LogP contribution in [-0.2, 0) is 21.7 Å². The maximum Gasteiger partial charge on any atom is 0.469 e. The average molecular weight is 552 g/mol. The quantitative estimate of drug-likeness (QED) is 0.215. The maximum atomic E-state index is 14.0. The lowest BCUT2D eigenvalue weighted by Gasteiger charge is -2.23. The summed E-state index contributed by atoms with van der Waals surface area (Å²) in [6.45, 7) is 3.02. The van der Waals surface area contributed by atoms with Gasteiger partial charge in [-0.25, -0.2) is 4.57 Å². The summed E-state index contributed by atoms with van der Waals surface area (Å²) in [6.07, 6.45) is 0.941. The first-order chi connectivity index (χ1) is 16.8. The number of hydrazone groups is 1. The van der Waals surface area contributed by atoms with Crippen LogP contribution in [0.4, 0.5) is 13.2 Å². The van der Waals surface area contributed by atoms with Crippen LogP contribution in [0.2, 0.25) is 0 Å². The van der Waals surface area contributed by atoms with Crippen molar-refractivity contribution >= 4 is 24.6 Å². The van der Waals surface area contributed by atoms with Crippen molar-refractivity contribution in [1.29, 1.82) is 0 Å². The normalized spacial score (nSPS) is 18.1. The van der Waals surface area contributed by atoms with Gasteiger partial charge in [0.1, 0.15) is 10.4 Å². The molecule has 0 saturated heterocycles. The summed E-state index contributed by atoms with van der Waals surface area (Å²) < 4.78 is 62.5. The van der Waals surface area contributed by atoms with E-state index in [1.165, 1.54) is 19.1 Å². The second-order valence-corrected chi connectivity index (χ2v) is 11.0. The fraction of sp³-hybridized carbons (Fsp3) is 0.571. The Morgan fingerprint density at radius 2 is 1.97 bits per heavy atom. The fourth-order valence-corrected chi connectivity index (χ4v) is 4.95. The average Bonchev–Trinajstić information content (AvgIpc) is 3.47. The third-order valence-electron chi connectivity index (χ3n) is 5.39. The molecule has 200 valence electrons. The third-order valence-corrected chi connectivity index (χ3v) is 7.25. The number of nitrogens with two attached hydrogens (primary N) is 1. The lowest BCUT2D eigenvalue weighted by atomic mass is 10.0. The van der Waals surface area contributed by atoms with Gasteiger partial charge in [-0.15, -0.1) is 0 Å². The van der Waals surface area contributed by atoms with E-state index in [0.29, 0.717) is 12.3 Å². The molecule has 2 heterocycles. The van der Waals surface area contributed by atoms with Crippen molar-refractivity contribution in [3.8, 4) is 11.4 Å². The number of halogens is 3. The van der Waals surface area contributed by atoms with Gasteiger partial charge in [0.15, 0.2) is 0 Å². The Morgan fingerprint density at radius 3 is 2.64 bits per heavy atom. The van der Waals surface area contributed by atoms with Crippen LogP contribution in [0.5, 0.6) is 0 Å². The number of phosphoric ester groups is 1.